The fourth-order valence-electron chi connectivity index (χ4n) is 2.88. The highest BCUT2D eigenvalue weighted by Gasteiger charge is 2.18. The molecule has 0 bridgehead atoms. The largest absolute Gasteiger partial charge is 0.497 e. The molecule has 5 heteroatoms. The SMILES string of the molecule is COc1ccc(C(NC(=O)COc2ccc(CCC(C)=O)cc2)C(C)C)cc1. The molecule has 0 aliphatic heterocycles. The molecule has 1 unspecified atom stereocenters. The molecule has 150 valence electrons. The highest BCUT2D eigenvalue weighted by molar-refractivity contribution is 5.78. The van der Waals surface area contributed by atoms with Gasteiger partial charge in [0, 0.05) is 6.42 Å². The van der Waals surface area contributed by atoms with Gasteiger partial charge < -0.3 is 19.6 Å². The molecule has 1 N–H and O–H groups in total. The summed E-state index contributed by atoms with van der Waals surface area (Å²) in [5.74, 6) is 1.65. The number of aryl methyl sites for hydroxylation is 1. The number of amides is 1. The second-order valence-corrected chi connectivity index (χ2v) is 7.20. The fourth-order valence-corrected chi connectivity index (χ4v) is 2.88. The number of ketones is 1. The molecular weight excluding hydrogens is 354 g/mol. The molecule has 0 aromatic heterocycles. The minimum Gasteiger partial charge on any atom is -0.497 e. The number of methoxy groups -OCH3 is 1. The molecule has 0 spiro atoms. The minimum atomic E-state index is -0.171. The Hall–Kier alpha value is -2.82. The zero-order valence-corrected chi connectivity index (χ0v) is 17.0. The molecule has 0 saturated carbocycles. The van der Waals surface area contributed by atoms with E-state index in [0.29, 0.717) is 18.6 Å². The van der Waals surface area contributed by atoms with Crippen LogP contribution < -0.4 is 14.8 Å². The first-order valence-corrected chi connectivity index (χ1v) is 9.53. The first-order valence-electron chi connectivity index (χ1n) is 9.53. The van der Waals surface area contributed by atoms with Crippen LogP contribution in [0.25, 0.3) is 0 Å². The van der Waals surface area contributed by atoms with E-state index >= 15 is 0 Å². The molecule has 2 aromatic carbocycles. The van der Waals surface area contributed by atoms with E-state index in [-0.39, 0.29) is 30.3 Å². The van der Waals surface area contributed by atoms with E-state index in [4.69, 9.17) is 9.47 Å². The maximum atomic E-state index is 12.4. The summed E-state index contributed by atoms with van der Waals surface area (Å²) in [5.41, 5.74) is 2.10. The van der Waals surface area contributed by atoms with Crippen molar-refractivity contribution in [1.82, 2.24) is 5.32 Å². The minimum absolute atomic E-state index is 0.0494. The van der Waals surface area contributed by atoms with Gasteiger partial charge in [0.1, 0.15) is 17.3 Å². The van der Waals surface area contributed by atoms with E-state index in [2.05, 4.69) is 19.2 Å². The topological polar surface area (TPSA) is 64.6 Å². The molecule has 28 heavy (non-hydrogen) atoms. The van der Waals surface area contributed by atoms with Gasteiger partial charge in [-0.25, -0.2) is 0 Å². The molecule has 0 saturated heterocycles. The lowest BCUT2D eigenvalue weighted by Gasteiger charge is -2.23. The Kier molecular flexibility index (Phi) is 8.05. The van der Waals surface area contributed by atoms with Crippen LogP contribution in [0, 0.1) is 5.92 Å². The lowest BCUT2D eigenvalue weighted by atomic mass is 9.96. The van der Waals surface area contributed by atoms with E-state index in [0.717, 1.165) is 16.9 Å². The smallest absolute Gasteiger partial charge is 0.258 e. The predicted molar refractivity (Wildman–Crippen MR) is 110 cm³/mol. The number of Topliss-reactive ketones (excluding diaryl/α,β-unsaturated/α-hetero) is 1. The average molecular weight is 383 g/mol. The molecule has 1 amide bonds. The molecule has 2 aromatic rings. The summed E-state index contributed by atoms with van der Waals surface area (Å²) in [5, 5.41) is 3.04. The van der Waals surface area contributed by atoms with Crippen molar-refractivity contribution < 1.29 is 19.1 Å². The Morgan fingerprint density at radius 2 is 1.57 bits per heavy atom. The summed E-state index contributed by atoms with van der Waals surface area (Å²) in [6, 6.07) is 15.1. The maximum absolute atomic E-state index is 12.4. The number of carbonyl (C=O) groups is 2. The van der Waals surface area contributed by atoms with E-state index in [9.17, 15) is 9.59 Å². The van der Waals surface area contributed by atoms with Crippen LogP contribution in [0.5, 0.6) is 11.5 Å². The molecular formula is C23H29NO4. The normalized spacial score (nSPS) is 11.8. The number of ether oxygens (including phenoxy) is 2. The maximum Gasteiger partial charge on any atom is 0.258 e. The van der Waals surface area contributed by atoms with Crippen LogP contribution in [-0.2, 0) is 16.0 Å². The first-order chi connectivity index (χ1) is 13.4. The highest BCUT2D eigenvalue weighted by Crippen LogP contribution is 2.24. The predicted octanol–water partition coefficient (Wildman–Crippen LogP) is 4.11. The van der Waals surface area contributed by atoms with Crippen molar-refractivity contribution in [3.63, 3.8) is 0 Å². The van der Waals surface area contributed by atoms with Gasteiger partial charge >= 0.3 is 0 Å². The van der Waals surface area contributed by atoms with Gasteiger partial charge in [0.05, 0.1) is 13.2 Å². The number of hydrogen-bond acceptors (Lipinski definition) is 4. The average Bonchev–Trinajstić information content (AvgIpc) is 2.69. The Morgan fingerprint density at radius 1 is 0.964 bits per heavy atom. The summed E-state index contributed by atoms with van der Waals surface area (Å²) in [6.07, 6.45) is 1.25. The van der Waals surface area contributed by atoms with Crippen LogP contribution in [0.1, 0.15) is 44.4 Å². The van der Waals surface area contributed by atoms with Crippen molar-refractivity contribution in [2.45, 2.75) is 39.7 Å². The summed E-state index contributed by atoms with van der Waals surface area (Å²) in [7, 11) is 1.63. The Bertz CT molecular complexity index is 766. The monoisotopic (exact) mass is 383 g/mol. The van der Waals surface area contributed by atoms with Gasteiger partial charge in [-0.3, -0.25) is 4.79 Å². The van der Waals surface area contributed by atoms with Crippen molar-refractivity contribution in [2.24, 2.45) is 5.92 Å². The Balaban J connectivity index is 1.89. The first kappa shape index (κ1) is 21.5. The standard InChI is InChI=1S/C23H29NO4/c1-16(2)23(19-9-13-20(27-4)14-10-19)24-22(26)15-28-21-11-7-18(8-12-21)6-5-17(3)25/h7-14,16,23H,5-6,15H2,1-4H3,(H,24,26). The van der Waals surface area contributed by atoms with Gasteiger partial charge in [-0.1, -0.05) is 38.1 Å². The second kappa shape index (κ2) is 10.5. The zero-order valence-electron chi connectivity index (χ0n) is 17.0. The zero-order chi connectivity index (χ0) is 20.5. The number of hydrogen-bond donors (Lipinski definition) is 1. The van der Waals surface area contributed by atoms with Crippen molar-refractivity contribution in [3.05, 3.63) is 59.7 Å². The van der Waals surface area contributed by atoms with Gasteiger partial charge in [0.15, 0.2) is 6.61 Å². The number of rotatable bonds is 10. The van der Waals surface area contributed by atoms with Crippen LogP contribution in [0.15, 0.2) is 48.5 Å². The van der Waals surface area contributed by atoms with Crippen LogP contribution >= 0.6 is 0 Å². The van der Waals surface area contributed by atoms with Crippen LogP contribution in [0.3, 0.4) is 0 Å². The van der Waals surface area contributed by atoms with E-state index in [1.807, 2.05) is 48.5 Å². The van der Waals surface area contributed by atoms with Crippen molar-refractivity contribution in [1.29, 1.82) is 0 Å². The lowest BCUT2D eigenvalue weighted by molar-refractivity contribution is -0.124. The molecule has 2 rings (SSSR count). The van der Waals surface area contributed by atoms with Crippen molar-refractivity contribution in [3.8, 4) is 11.5 Å². The van der Waals surface area contributed by atoms with Crippen LogP contribution in [0.4, 0.5) is 0 Å². The number of nitrogens with one attached hydrogen (secondary N) is 1. The van der Waals surface area contributed by atoms with E-state index < -0.39 is 0 Å². The summed E-state index contributed by atoms with van der Waals surface area (Å²) in [6.45, 7) is 5.67. The van der Waals surface area contributed by atoms with Gasteiger partial charge in [-0.05, 0) is 54.7 Å². The van der Waals surface area contributed by atoms with Gasteiger partial charge in [-0.2, -0.15) is 0 Å². The van der Waals surface area contributed by atoms with Gasteiger partial charge in [0.25, 0.3) is 5.91 Å². The third-order valence-electron chi connectivity index (χ3n) is 4.52. The summed E-state index contributed by atoms with van der Waals surface area (Å²) < 4.78 is 10.8. The van der Waals surface area contributed by atoms with E-state index in [1.165, 1.54) is 0 Å². The van der Waals surface area contributed by atoms with Crippen molar-refractivity contribution >= 4 is 11.7 Å². The summed E-state index contributed by atoms with van der Waals surface area (Å²) >= 11 is 0. The molecule has 0 heterocycles. The molecule has 5 nitrogen and oxygen atoms in total. The molecule has 0 aliphatic rings. The molecule has 0 fully saturated rings. The van der Waals surface area contributed by atoms with Gasteiger partial charge in [0.2, 0.25) is 0 Å². The fraction of sp³-hybridized carbons (Fsp3) is 0.391. The quantitative estimate of drug-likeness (QED) is 0.671. The third-order valence-corrected chi connectivity index (χ3v) is 4.52. The van der Waals surface area contributed by atoms with Crippen LogP contribution in [-0.4, -0.2) is 25.4 Å². The number of benzene rings is 2. The van der Waals surface area contributed by atoms with E-state index in [1.54, 1.807) is 14.0 Å². The van der Waals surface area contributed by atoms with Crippen LogP contribution in [0.2, 0.25) is 0 Å². The molecule has 1 atom stereocenters. The molecule has 0 radical (unpaired) electrons. The number of carbonyl (C=O) groups excluding carboxylic acids is 2. The second-order valence-electron chi connectivity index (χ2n) is 7.20. The van der Waals surface area contributed by atoms with Gasteiger partial charge in [-0.15, -0.1) is 0 Å². The Morgan fingerprint density at radius 3 is 2.11 bits per heavy atom. The lowest BCUT2D eigenvalue weighted by Crippen LogP contribution is -2.35. The third kappa shape index (κ3) is 6.72. The summed E-state index contributed by atoms with van der Waals surface area (Å²) in [4.78, 5) is 23.4. The molecule has 0 aliphatic carbocycles. The van der Waals surface area contributed by atoms with Crippen molar-refractivity contribution in [2.75, 3.05) is 13.7 Å². The highest BCUT2D eigenvalue weighted by atomic mass is 16.5. The Labute approximate surface area is 167 Å².